The summed E-state index contributed by atoms with van der Waals surface area (Å²) in [5, 5.41) is 27.6. The summed E-state index contributed by atoms with van der Waals surface area (Å²) in [6.07, 6.45) is -0.244. The van der Waals surface area contributed by atoms with Crippen molar-refractivity contribution in [3.8, 4) is 5.75 Å². The molecule has 0 aromatic heterocycles. The third kappa shape index (κ3) is 3.36. The zero-order valence-electron chi connectivity index (χ0n) is 8.22. The van der Waals surface area contributed by atoms with Crippen molar-refractivity contribution in [2.45, 2.75) is 32.0 Å². The van der Waals surface area contributed by atoms with Gasteiger partial charge < -0.3 is 15.3 Å². The highest BCUT2D eigenvalue weighted by molar-refractivity contribution is 5.27. The van der Waals surface area contributed by atoms with Gasteiger partial charge in [0.2, 0.25) is 0 Å². The molecule has 0 saturated carbocycles. The molecule has 0 aliphatic rings. The minimum absolute atomic E-state index is 0.231. The van der Waals surface area contributed by atoms with Crippen LogP contribution in [0.25, 0.3) is 0 Å². The molecule has 0 fully saturated rings. The van der Waals surface area contributed by atoms with E-state index in [-0.39, 0.29) is 5.75 Å². The smallest absolute Gasteiger partial charge is 0.115 e. The summed E-state index contributed by atoms with van der Waals surface area (Å²) in [5.41, 5.74) is 0.963. The van der Waals surface area contributed by atoms with E-state index in [2.05, 4.69) is 0 Å². The Morgan fingerprint density at radius 1 is 1.29 bits per heavy atom. The Morgan fingerprint density at radius 3 is 2.57 bits per heavy atom. The molecule has 2 unspecified atom stereocenters. The molecule has 3 N–H and O–H groups in total. The molecule has 0 radical (unpaired) electrons. The fourth-order valence-corrected chi connectivity index (χ4v) is 1.27. The van der Waals surface area contributed by atoms with Crippen LogP contribution in [0.1, 0.15) is 18.9 Å². The number of phenolic OH excluding ortho intramolecular Hbond substituents is 1. The van der Waals surface area contributed by atoms with E-state index in [1.807, 2.05) is 6.07 Å². The molecular weight excluding hydrogens is 180 g/mol. The van der Waals surface area contributed by atoms with Crippen LogP contribution in [0.3, 0.4) is 0 Å². The second-order valence-corrected chi connectivity index (χ2v) is 3.52. The Morgan fingerprint density at radius 2 is 2.00 bits per heavy atom. The van der Waals surface area contributed by atoms with E-state index in [0.29, 0.717) is 12.8 Å². The number of aliphatic hydroxyl groups excluding tert-OH is 2. The van der Waals surface area contributed by atoms with E-state index >= 15 is 0 Å². The van der Waals surface area contributed by atoms with Gasteiger partial charge in [0.05, 0.1) is 12.2 Å². The number of aliphatic hydroxyl groups is 2. The van der Waals surface area contributed by atoms with Crippen LogP contribution in [0.5, 0.6) is 5.75 Å². The zero-order valence-corrected chi connectivity index (χ0v) is 8.22. The summed E-state index contributed by atoms with van der Waals surface area (Å²) in [6, 6.07) is 6.91. The topological polar surface area (TPSA) is 60.7 Å². The highest BCUT2D eigenvalue weighted by Crippen LogP contribution is 2.13. The van der Waals surface area contributed by atoms with Gasteiger partial charge in [0.1, 0.15) is 5.75 Å². The number of aromatic hydroxyl groups is 1. The first-order valence-corrected chi connectivity index (χ1v) is 4.73. The van der Waals surface area contributed by atoms with Gasteiger partial charge in [-0.3, -0.25) is 0 Å². The number of aryl methyl sites for hydroxylation is 1. The molecule has 0 aliphatic carbocycles. The number of phenols is 1. The van der Waals surface area contributed by atoms with Gasteiger partial charge in [0, 0.05) is 0 Å². The lowest BCUT2D eigenvalue weighted by Gasteiger charge is -2.12. The van der Waals surface area contributed by atoms with Crippen molar-refractivity contribution in [2.75, 3.05) is 0 Å². The van der Waals surface area contributed by atoms with Crippen LogP contribution < -0.4 is 0 Å². The molecule has 1 aromatic carbocycles. The van der Waals surface area contributed by atoms with E-state index in [0.717, 1.165) is 5.56 Å². The highest BCUT2D eigenvalue weighted by atomic mass is 16.3. The Balaban J connectivity index is 2.45. The summed E-state index contributed by atoms with van der Waals surface area (Å²) in [6.45, 7) is 1.56. The Hall–Kier alpha value is -1.06. The fourth-order valence-electron chi connectivity index (χ4n) is 1.27. The summed E-state index contributed by atoms with van der Waals surface area (Å²) in [5.74, 6) is 0.231. The van der Waals surface area contributed by atoms with Gasteiger partial charge in [-0.15, -0.1) is 0 Å². The molecule has 3 nitrogen and oxygen atoms in total. The lowest BCUT2D eigenvalue weighted by atomic mass is 10.0. The zero-order chi connectivity index (χ0) is 10.6. The van der Waals surface area contributed by atoms with Gasteiger partial charge in [-0.2, -0.15) is 0 Å². The van der Waals surface area contributed by atoms with Crippen molar-refractivity contribution in [2.24, 2.45) is 0 Å². The number of hydrogen-bond acceptors (Lipinski definition) is 3. The molecule has 2 atom stereocenters. The summed E-state index contributed by atoms with van der Waals surface area (Å²) in [4.78, 5) is 0. The molecule has 78 valence electrons. The van der Waals surface area contributed by atoms with Gasteiger partial charge >= 0.3 is 0 Å². The van der Waals surface area contributed by atoms with Crippen LogP contribution >= 0.6 is 0 Å². The molecule has 0 aliphatic heterocycles. The normalized spacial score (nSPS) is 15.1. The van der Waals surface area contributed by atoms with Crippen LogP contribution in [-0.2, 0) is 6.42 Å². The maximum Gasteiger partial charge on any atom is 0.115 e. The van der Waals surface area contributed by atoms with Crippen LogP contribution in [0.2, 0.25) is 0 Å². The third-order valence-electron chi connectivity index (χ3n) is 2.20. The highest BCUT2D eigenvalue weighted by Gasteiger charge is 2.10. The minimum atomic E-state index is -0.702. The van der Waals surface area contributed by atoms with E-state index in [1.165, 1.54) is 0 Å². The van der Waals surface area contributed by atoms with Crippen molar-refractivity contribution in [1.29, 1.82) is 0 Å². The summed E-state index contributed by atoms with van der Waals surface area (Å²) >= 11 is 0. The monoisotopic (exact) mass is 196 g/mol. The SMILES string of the molecule is CC(O)C(O)CCc1cccc(O)c1. The quantitative estimate of drug-likeness (QED) is 0.675. The van der Waals surface area contributed by atoms with E-state index in [1.54, 1.807) is 25.1 Å². The molecule has 0 spiro atoms. The second kappa shape index (κ2) is 4.98. The average molecular weight is 196 g/mol. The van der Waals surface area contributed by atoms with Crippen molar-refractivity contribution < 1.29 is 15.3 Å². The maximum absolute atomic E-state index is 9.34. The molecule has 0 amide bonds. The fraction of sp³-hybridized carbons (Fsp3) is 0.455. The summed E-state index contributed by atoms with van der Waals surface area (Å²) < 4.78 is 0. The van der Waals surface area contributed by atoms with Crippen LogP contribution in [-0.4, -0.2) is 27.5 Å². The van der Waals surface area contributed by atoms with Crippen molar-refractivity contribution in [3.05, 3.63) is 29.8 Å². The van der Waals surface area contributed by atoms with Crippen LogP contribution in [0, 0.1) is 0 Å². The molecule has 0 heterocycles. The Kier molecular flexibility index (Phi) is 3.92. The molecule has 0 saturated heterocycles. The third-order valence-corrected chi connectivity index (χ3v) is 2.20. The Bertz CT molecular complexity index is 284. The van der Waals surface area contributed by atoms with Crippen LogP contribution in [0.4, 0.5) is 0 Å². The predicted molar refractivity (Wildman–Crippen MR) is 54.1 cm³/mol. The second-order valence-electron chi connectivity index (χ2n) is 3.52. The first kappa shape index (κ1) is 11.0. The first-order chi connectivity index (χ1) is 6.59. The van der Waals surface area contributed by atoms with Gasteiger partial charge in [-0.1, -0.05) is 12.1 Å². The van der Waals surface area contributed by atoms with Gasteiger partial charge in [0.25, 0.3) is 0 Å². The summed E-state index contributed by atoms with van der Waals surface area (Å²) in [7, 11) is 0. The molecular formula is C11H16O3. The van der Waals surface area contributed by atoms with Gasteiger partial charge in [-0.25, -0.2) is 0 Å². The lowest BCUT2D eigenvalue weighted by Crippen LogP contribution is -2.22. The number of rotatable bonds is 4. The molecule has 3 heteroatoms. The van der Waals surface area contributed by atoms with Gasteiger partial charge in [-0.05, 0) is 37.5 Å². The van der Waals surface area contributed by atoms with Crippen molar-refractivity contribution in [1.82, 2.24) is 0 Å². The Labute approximate surface area is 83.6 Å². The molecule has 1 aromatic rings. The minimum Gasteiger partial charge on any atom is -0.508 e. The van der Waals surface area contributed by atoms with E-state index in [4.69, 9.17) is 5.11 Å². The van der Waals surface area contributed by atoms with Crippen molar-refractivity contribution in [3.63, 3.8) is 0 Å². The average Bonchev–Trinajstić information content (AvgIpc) is 2.14. The molecule has 1 rings (SSSR count). The van der Waals surface area contributed by atoms with Crippen LogP contribution in [0.15, 0.2) is 24.3 Å². The van der Waals surface area contributed by atoms with Gasteiger partial charge in [0.15, 0.2) is 0 Å². The predicted octanol–water partition coefficient (Wildman–Crippen LogP) is 1.07. The maximum atomic E-state index is 9.34. The van der Waals surface area contributed by atoms with E-state index < -0.39 is 12.2 Å². The lowest BCUT2D eigenvalue weighted by molar-refractivity contribution is 0.0265. The van der Waals surface area contributed by atoms with Crippen molar-refractivity contribution >= 4 is 0 Å². The molecule has 14 heavy (non-hydrogen) atoms. The first-order valence-electron chi connectivity index (χ1n) is 4.73. The standard InChI is InChI=1S/C11H16O3/c1-8(12)11(14)6-5-9-3-2-4-10(13)7-9/h2-4,7-8,11-14H,5-6H2,1H3. The largest absolute Gasteiger partial charge is 0.508 e. The number of hydrogen-bond donors (Lipinski definition) is 3. The number of benzene rings is 1. The van der Waals surface area contributed by atoms with E-state index in [9.17, 15) is 10.2 Å². The molecule has 0 bridgehead atoms.